The molecule has 54 valence electrons. The first-order valence-corrected chi connectivity index (χ1v) is 3.59. The Hall–Kier alpha value is -0.980. The molecule has 0 aromatic rings. The van der Waals surface area contributed by atoms with Gasteiger partial charge in [-0.1, -0.05) is 19.2 Å². The van der Waals surface area contributed by atoms with E-state index in [1.54, 1.807) is 6.08 Å². The summed E-state index contributed by atoms with van der Waals surface area (Å²) in [6.45, 7) is 8.64. The van der Waals surface area contributed by atoms with Gasteiger partial charge in [0.1, 0.15) is 0 Å². The first-order valence-electron chi connectivity index (χ1n) is 3.59. The molecule has 1 heteroatoms. The Morgan fingerprint density at radius 3 is 2.90 bits per heavy atom. The summed E-state index contributed by atoms with van der Waals surface area (Å²) in [7, 11) is 0. The fourth-order valence-corrected chi connectivity index (χ4v) is 1.08. The van der Waals surface area contributed by atoms with Crippen LogP contribution in [0.3, 0.4) is 0 Å². The van der Waals surface area contributed by atoms with Crippen LogP contribution in [0.15, 0.2) is 36.6 Å². The topological polar surface area (TPSA) is 12.0 Å². The van der Waals surface area contributed by atoms with Gasteiger partial charge in [-0.2, -0.15) is 0 Å². The highest BCUT2D eigenvalue weighted by atomic mass is 14.9. The van der Waals surface area contributed by atoms with E-state index in [2.05, 4.69) is 18.5 Å². The fraction of sp³-hybridized carbons (Fsp3) is 0.333. The molecular weight excluding hydrogens is 122 g/mol. The lowest BCUT2D eigenvalue weighted by Gasteiger charge is -2.18. The predicted molar refractivity (Wildman–Crippen MR) is 44.7 cm³/mol. The second-order valence-corrected chi connectivity index (χ2v) is 2.45. The Balaban J connectivity index is 2.64. The maximum atomic E-state index is 3.94. The van der Waals surface area contributed by atoms with Crippen LogP contribution in [0.4, 0.5) is 0 Å². The molecule has 0 spiro atoms. The number of rotatable bonds is 1. The van der Waals surface area contributed by atoms with Gasteiger partial charge in [0.05, 0.1) is 0 Å². The molecule has 1 aliphatic heterocycles. The van der Waals surface area contributed by atoms with Crippen LogP contribution in [0.25, 0.3) is 0 Å². The molecule has 0 unspecified atom stereocenters. The third-order valence-electron chi connectivity index (χ3n) is 1.64. The van der Waals surface area contributed by atoms with Gasteiger partial charge in [-0.05, 0) is 24.5 Å². The van der Waals surface area contributed by atoms with Gasteiger partial charge in [0.2, 0.25) is 0 Å². The Morgan fingerprint density at radius 1 is 1.50 bits per heavy atom. The van der Waals surface area contributed by atoms with E-state index >= 15 is 0 Å². The molecule has 0 amide bonds. The van der Waals surface area contributed by atoms with Gasteiger partial charge >= 0.3 is 0 Å². The van der Waals surface area contributed by atoms with Gasteiger partial charge in [0, 0.05) is 12.2 Å². The summed E-state index contributed by atoms with van der Waals surface area (Å²) < 4.78 is 0. The summed E-state index contributed by atoms with van der Waals surface area (Å²) in [4.78, 5) is 0. The Labute approximate surface area is 62.1 Å². The maximum absolute atomic E-state index is 3.94. The molecule has 1 heterocycles. The number of allylic oxidation sites excluding steroid dienone is 3. The Kier molecular flexibility index (Phi) is 2.32. The molecule has 1 nitrogen and oxygen atoms in total. The van der Waals surface area contributed by atoms with E-state index in [0.29, 0.717) is 0 Å². The van der Waals surface area contributed by atoms with Crippen LogP contribution in [0.1, 0.15) is 12.8 Å². The summed E-state index contributed by atoms with van der Waals surface area (Å²) in [5.74, 6) is 0. The SMILES string of the molecule is C=C/C=C1/NCCCC1=C. The van der Waals surface area contributed by atoms with E-state index in [-0.39, 0.29) is 0 Å². The predicted octanol–water partition coefficient (Wildman–Crippen LogP) is 2.00. The minimum absolute atomic E-state index is 1.07. The summed E-state index contributed by atoms with van der Waals surface area (Å²) >= 11 is 0. The summed E-state index contributed by atoms with van der Waals surface area (Å²) in [5.41, 5.74) is 2.35. The highest BCUT2D eigenvalue weighted by molar-refractivity contribution is 5.31. The Morgan fingerprint density at radius 2 is 2.30 bits per heavy atom. The van der Waals surface area contributed by atoms with Crippen LogP contribution in [0, 0.1) is 0 Å². The van der Waals surface area contributed by atoms with Gasteiger partial charge in [-0.25, -0.2) is 0 Å². The van der Waals surface area contributed by atoms with Crippen molar-refractivity contribution < 1.29 is 0 Å². The standard InChI is InChI=1S/C9H13N/c1-3-5-9-8(2)6-4-7-10-9/h3,5,10H,1-2,4,6-7H2/b9-5+. The largest absolute Gasteiger partial charge is 0.385 e. The molecule has 1 N–H and O–H groups in total. The van der Waals surface area contributed by atoms with Crippen LogP contribution in [0.5, 0.6) is 0 Å². The van der Waals surface area contributed by atoms with E-state index in [1.165, 1.54) is 12.0 Å². The third kappa shape index (κ3) is 1.50. The minimum atomic E-state index is 1.07. The second-order valence-electron chi connectivity index (χ2n) is 2.45. The van der Waals surface area contributed by atoms with Crippen molar-refractivity contribution in [3.05, 3.63) is 36.6 Å². The van der Waals surface area contributed by atoms with Gasteiger partial charge in [-0.3, -0.25) is 0 Å². The molecule has 1 fully saturated rings. The first kappa shape index (κ1) is 7.13. The van der Waals surface area contributed by atoms with Gasteiger partial charge in [-0.15, -0.1) is 0 Å². The van der Waals surface area contributed by atoms with Crippen LogP contribution in [-0.2, 0) is 0 Å². The van der Waals surface area contributed by atoms with Crippen molar-refractivity contribution in [1.82, 2.24) is 5.32 Å². The molecule has 1 saturated heterocycles. The molecular formula is C9H13N. The normalized spacial score (nSPS) is 22.4. The summed E-state index contributed by atoms with van der Waals surface area (Å²) in [6, 6.07) is 0. The molecule has 0 aliphatic carbocycles. The van der Waals surface area contributed by atoms with E-state index in [9.17, 15) is 0 Å². The Bertz CT molecular complexity index is 177. The molecule has 0 aromatic heterocycles. The lowest BCUT2D eigenvalue weighted by molar-refractivity contribution is 0.671. The molecule has 1 aliphatic rings. The monoisotopic (exact) mass is 135 g/mol. The number of hydrogen-bond acceptors (Lipinski definition) is 1. The minimum Gasteiger partial charge on any atom is -0.385 e. The maximum Gasteiger partial charge on any atom is 0.0366 e. The smallest absolute Gasteiger partial charge is 0.0366 e. The van der Waals surface area contributed by atoms with Gasteiger partial charge in [0.25, 0.3) is 0 Å². The van der Waals surface area contributed by atoms with Crippen LogP contribution >= 0.6 is 0 Å². The summed E-state index contributed by atoms with van der Waals surface area (Å²) in [5, 5.41) is 3.26. The molecule has 1 rings (SSSR count). The van der Waals surface area contributed by atoms with E-state index in [1.807, 2.05) is 6.08 Å². The van der Waals surface area contributed by atoms with Crippen molar-refractivity contribution in [1.29, 1.82) is 0 Å². The van der Waals surface area contributed by atoms with Crippen molar-refractivity contribution in [3.8, 4) is 0 Å². The molecule has 0 aromatic carbocycles. The average Bonchev–Trinajstić information content (AvgIpc) is 1.94. The summed E-state index contributed by atoms with van der Waals surface area (Å²) in [6.07, 6.45) is 6.08. The zero-order chi connectivity index (χ0) is 7.40. The highest BCUT2D eigenvalue weighted by Crippen LogP contribution is 2.15. The zero-order valence-corrected chi connectivity index (χ0v) is 6.19. The lowest BCUT2D eigenvalue weighted by Crippen LogP contribution is -2.21. The lowest BCUT2D eigenvalue weighted by atomic mass is 10.0. The van der Waals surface area contributed by atoms with Gasteiger partial charge < -0.3 is 5.32 Å². The quantitative estimate of drug-likeness (QED) is 0.580. The van der Waals surface area contributed by atoms with Crippen molar-refractivity contribution in [3.63, 3.8) is 0 Å². The number of piperidine rings is 1. The van der Waals surface area contributed by atoms with E-state index < -0.39 is 0 Å². The number of nitrogens with one attached hydrogen (secondary N) is 1. The zero-order valence-electron chi connectivity index (χ0n) is 6.19. The number of hydrogen-bond donors (Lipinski definition) is 1. The second kappa shape index (κ2) is 3.25. The van der Waals surface area contributed by atoms with Crippen molar-refractivity contribution in [2.75, 3.05) is 6.54 Å². The van der Waals surface area contributed by atoms with Gasteiger partial charge in [0.15, 0.2) is 0 Å². The fourth-order valence-electron chi connectivity index (χ4n) is 1.08. The van der Waals surface area contributed by atoms with Crippen molar-refractivity contribution >= 4 is 0 Å². The molecule has 0 atom stereocenters. The van der Waals surface area contributed by atoms with Crippen LogP contribution in [-0.4, -0.2) is 6.54 Å². The van der Waals surface area contributed by atoms with Crippen LogP contribution < -0.4 is 5.32 Å². The molecule has 10 heavy (non-hydrogen) atoms. The highest BCUT2D eigenvalue weighted by Gasteiger charge is 2.06. The average molecular weight is 135 g/mol. The first-order chi connectivity index (χ1) is 4.84. The molecule has 0 bridgehead atoms. The van der Waals surface area contributed by atoms with E-state index in [0.717, 1.165) is 18.7 Å². The van der Waals surface area contributed by atoms with Crippen LogP contribution in [0.2, 0.25) is 0 Å². The van der Waals surface area contributed by atoms with Crippen molar-refractivity contribution in [2.24, 2.45) is 0 Å². The molecule has 0 radical (unpaired) electrons. The molecule has 0 saturated carbocycles. The third-order valence-corrected chi connectivity index (χ3v) is 1.64. The van der Waals surface area contributed by atoms with Crippen molar-refractivity contribution in [2.45, 2.75) is 12.8 Å². The van der Waals surface area contributed by atoms with E-state index in [4.69, 9.17) is 0 Å².